The minimum Gasteiger partial charge on any atom is -0.465 e. The summed E-state index contributed by atoms with van der Waals surface area (Å²) >= 11 is 0. The number of hydrogen-bond acceptors (Lipinski definition) is 4. The van der Waals surface area contributed by atoms with E-state index in [1.807, 2.05) is 0 Å². The van der Waals surface area contributed by atoms with Crippen LogP contribution in [0.3, 0.4) is 0 Å². The molecule has 16 heavy (non-hydrogen) atoms. The van der Waals surface area contributed by atoms with Gasteiger partial charge in [0, 0.05) is 12.1 Å². The molecule has 0 fully saturated rings. The van der Waals surface area contributed by atoms with Crippen LogP contribution in [0, 0.1) is 17.0 Å². The maximum absolute atomic E-state index is 11.4. The second kappa shape index (κ2) is 4.74. The van der Waals surface area contributed by atoms with Crippen molar-refractivity contribution in [2.24, 2.45) is 0 Å². The zero-order chi connectivity index (χ0) is 12.3. The average molecular weight is 222 g/mol. The Morgan fingerprint density at radius 1 is 1.56 bits per heavy atom. The highest BCUT2D eigenvalue weighted by molar-refractivity contribution is 5.91. The largest absolute Gasteiger partial charge is 0.465 e. The van der Waals surface area contributed by atoms with Crippen molar-refractivity contribution in [1.29, 1.82) is 0 Å². The third-order valence-electron chi connectivity index (χ3n) is 2.18. The number of benzene rings is 1. The van der Waals surface area contributed by atoms with Crippen LogP contribution in [0.25, 0.3) is 0 Å². The van der Waals surface area contributed by atoms with Gasteiger partial charge >= 0.3 is 5.97 Å². The van der Waals surface area contributed by atoms with Crippen LogP contribution in [0.1, 0.15) is 28.8 Å². The standard InChI is InChI=1S/C11H12NO4/c1-7(2)10-6-8(12(14)15)4-5-9(10)11(13)16-3/h4-7H,1H2,2-3H3. The van der Waals surface area contributed by atoms with Crippen LogP contribution in [0.4, 0.5) is 5.69 Å². The van der Waals surface area contributed by atoms with E-state index in [-0.39, 0.29) is 11.6 Å². The van der Waals surface area contributed by atoms with Gasteiger partial charge in [0.25, 0.3) is 5.69 Å². The van der Waals surface area contributed by atoms with Crippen LogP contribution in [0.2, 0.25) is 0 Å². The molecule has 5 heteroatoms. The number of methoxy groups -OCH3 is 1. The van der Waals surface area contributed by atoms with Gasteiger partial charge < -0.3 is 4.74 Å². The zero-order valence-corrected chi connectivity index (χ0v) is 9.10. The molecule has 0 aliphatic carbocycles. The minimum absolute atomic E-state index is 0.0573. The van der Waals surface area contributed by atoms with Crippen LogP contribution in [-0.2, 0) is 4.74 Å². The van der Waals surface area contributed by atoms with Gasteiger partial charge in [-0.1, -0.05) is 6.92 Å². The van der Waals surface area contributed by atoms with Crippen molar-refractivity contribution in [2.75, 3.05) is 7.11 Å². The molecule has 1 rings (SSSR count). The molecule has 0 amide bonds. The van der Waals surface area contributed by atoms with Gasteiger partial charge in [0.15, 0.2) is 0 Å². The molecule has 0 saturated carbocycles. The van der Waals surface area contributed by atoms with Gasteiger partial charge in [-0.15, -0.1) is 0 Å². The van der Waals surface area contributed by atoms with Gasteiger partial charge in [-0.2, -0.15) is 0 Å². The molecule has 0 spiro atoms. The molecule has 0 heterocycles. The van der Waals surface area contributed by atoms with Crippen molar-refractivity contribution >= 4 is 11.7 Å². The van der Waals surface area contributed by atoms with Crippen LogP contribution < -0.4 is 0 Å². The first-order chi connectivity index (χ1) is 7.47. The van der Waals surface area contributed by atoms with Gasteiger partial charge in [-0.05, 0) is 24.5 Å². The molecule has 1 unspecified atom stereocenters. The first kappa shape index (κ1) is 12.2. The Morgan fingerprint density at radius 3 is 2.62 bits per heavy atom. The fraction of sp³-hybridized carbons (Fsp3) is 0.273. The molecule has 5 nitrogen and oxygen atoms in total. The summed E-state index contributed by atoms with van der Waals surface area (Å²) in [5.74, 6) is -0.741. The summed E-state index contributed by atoms with van der Waals surface area (Å²) in [6.07, 6.45) is 0. The Labute approximate surface area is 93.2 Å². The topological polar surface area (TPSA) is 69.4 Å². The molecule has 1 radical (unpaired) electrons. The lowest BCUT2D eigenvalue weighted by Crippen LogP contribution is -2.07. The highest BCUT2D eigenvalue weighted by Crippen LogP contribution is 2.24. The lowest BCUT2D eigenvalue weighted by molar-refractivity contribution is -0.384. The predicted molar refractivity (Wildman–Crippen MR) is 58.2 cm³/mol. The molecule has 0 aromatic heterocycles. The summed E-state index contributed by atoms with van der Waals surface area (Å²) in [6.45, 7) is 5.51. The van der Waals surface area contributed by atoms with E-state index in [9.17, 15) is 14.9 Å². The smallest absolute Gasteiger partial charge is 0.338 e. The molecule has 0 N–H and O–H groups in total. The van der Waals surface area contributed by atoms with Crippen molar-refractivity contribution in [2.45, 2.75) is 12.8 Å². The SMILES string of the molecule is [CH2]C(C)c1cc([N+](=O)[O-])ccc1C(=O)OC. The van der Waals surface area contributed by atoms with Crippen molar-refractivity contribution in [3.63, 3.8) is 0 Å². The molecular weight excluding hydrogens is 210 g/mol. The number of nitro benzene ring substituents is 1. The molecule has 85 valence electrons. The first-order valence-electron chi connectivity index (χ1n) is 4.67. The van der Waals surface area contributed by atoms with Crippen molar-refractivity contribution in [3.8, 4) is 0 Å². The van der Waals surface area contributed by atoms with E-state index in [1.165, 1.54) is 25.3 Å². The highest BCUT2D eigenvalue weighted by atomic mass is 16.6. The predicted octanol–water partition coefficient (Wildman–Crippen LogP) is 2.32. The fourth-order valence-electron chi connectivity index (χ4n) is 1.37. The van der Waals surface area contributed by atoms with Gasteiger partial charge in [0.05, 0.1) is 17.6 Å². The Bertz CT molecular complexity index is 426. The number of carbonyl (C=O) groups excluding carboxylic acids is 1. The summed E-state index contributed by atoms with van der Waals surface area (Å²) in [5, 5.41) is 10.6. The first-order valence-corrected chi connectivity index (χ1v) is 4.67. The summed E-state index contributed by atoms with van der Waals surface area (Å²) in [7, 11) is 1.27. The number of rotatable bonds is 3. The van der Waals surface area contributed by atoms with Gasteiger partial charge in [0.1, 0.15) is 0 Å². The second-order valence-electron chi connectivity index (χ2n) is 3.42. The Kier molecular flexibility index (Phi) is 3.60. The molecule has 0 bridgehead atoms. The van der Waals surface area contributed by atoms with Crippen LogP contribution in [0.5, 0.6) is 0 Å². The average Bonchev–Trinajstić information content (AvgIpc) is 2.26. The van der Waals surface area contributed by atoms with Crippen molar-refractivity contribution in [3.05, 3.63) is 46.4 Å². The number of esters is 1. The quantitative estimate of drug-likeness (QED) is 0.447. The van der Waals surface area contributed by atoms with E-state index in [4.69, 9.17) is 0 Å². The summed E-state index contributed by atoms with van der Waals surface area (Å²) in [5.41, 5.74) is 0.773. The molecule has 1 aromatic carbocycles. The third-order valence-corrected chi connectivity index (χ3v) is 2.18. The van der Waals surface area contributed by atoms with Gasteiger partial charge in [-0.25, -0.2) is 4.79 Å². The highest BCUT2D eigenvalue weighted by Gasteiger charge is 2.18. The lowest BCUT2D eigenvalue weighted by atomic mass is 9.96. The second-order valence-corrected chi connectivity index (χ2v) is 3.42. The van der Waals surface area contributed by atoms with Crippen LogP contribution in [-0.4, -0.2) is 18.0 Å². The number of ether oxygens (including phenoxy) is 1. The van der Waals surface area contributed by atoms with Gasteiger partial charge in [0.2, 0.25) is 0 Å². The van der Waals surface area contributed by atoms with Crippen LogP contribution in [0.15, 0.2) is 18.2 Å². The van der Waals surface area contributed by atoms with Gasteiger partial charge in [-0.3, -0.25) is 10.1 Å². The van der Waals surface area contributed by atoms with E-state index in [2.05, 4.69) is 11.7 Å². The Morgan fingerprint density at radius 2 is 2.19 bits per heavy atom. The maximum atomic E-state index is 11.4. The molecule has 1 atom stereocenters. The van der Waals surface area contributed by atoms with E-state index < -0.39 is 10.9 Å². The number of hydrogen-bond donors (Lipinski definition) is 0. The number of nitro groups is 1. The maximum Gasteiger partial charge on any atom is 0.338 e. The summed E-state index contributed by atoms with van der Waals surface area (Å²) in [4.78, 5) is 21.5. The third kappa shape index (κ3) is 2.36. The molecule has 0 saturated heterocycles. The number of non-ortho nitro benzene ring substituents is 1. The molecule has 1 aromatic rings. The fourth-order valence-corrected chi connectivity index (χ4v) is 1.37. The number of nitrogens with zero attached hydrogens (tertiary/aromatic N) is 1. The molecule has 0 aliphatic rings. The normalized spacial score (nSPS) is 10.2. The summed E-state index contributed by atoms with van der Waals surface area (Å²) < 4.78 is 4.59. The lowest BCUT2D eigenvalue weighted by Gasteiger charge is -2.10. The Balaban J connectivity index is 3.30. The molecular formula is C11H12NO4. The monoisotopic (exact) mass is 222 g/mol. The zero-order valence-electron chi connectivity index (χ0n) is 9.10. The van der Waals surface area contributed by atoms with E-state index in [0.717, 1.165) is 0 Å². The summed E-state index contributed by atoms with van der Waals surface area (Å²) in [6, 6.07) is 4.02. The van der Waals surface area contributed by atoms with Crippen molar-refractivity contribution in [1.82, 2.24) is 0 Å². The Hall–Kier alpha value is -1.91. The minimum atomic E-state index is -0.514. The van der Waals surface area contributed by atoms with Crippen molar-refractivity contribution < 1.29 is 14.5 Å². The van der Waals surface area contributed by atoms with Crippen LogP contribution >= 0.6 is 0 Å². The van der Waals surface area contributed by atoms with E-state index in [0.29, 0.717) is 11.1 Å². The van der Waals surface area contributed by atoms with E-state index >= 15 is 0 Å². The number of carbonyl (C=O) groups is 1. The molecule has 0 aliphatic heterocycles. The van der Waals surface area contributed by atoms with E-state index in [1.54, 1.807) is 6.92 Å².